The van der Waals surface area contributed by atoms with Crippen molar-refractivity contribution in [1.29, 1.82) is 0 Å². The highest BCUT2D eigenvalue weighted by atomic mass is 16.6. The van der Waals surface area contributed by atoms with Gasteiger partial charge in [0.2, 0.25) is 5.82 Å². The van der Waals surface area contributed by atoms with Crippen LogP contribution in [0.15, 0.2) is 24.3 Å². The molecule has 0 saturated heterocycles. The van der Waals surface area contributed by atoms with Gasteiger partial charge >= 0.3 is 11.8 Å². The summed E-state index contributed by atoms with van der Waals surface area (Å²) in [6.07, 6.45) is 0.325. The van der Waals surface area contributed by atoms with Crippen molar-refractivity contribution in [3.05, 3.63) is 51.3 Å². The Labute approximate surface area is 161 Å². The van der Waals surface area contributed by atoms with Crippen LogP contribution in [-0.4, -0.2) is 52.3 Å². The van der Waals surface area contributed by atoms with E-state index >= 15 is 0 Å². The van der Waals surface area contributed by atoms with Gasteiger partial charge in [-0.15, -0.1) is 0 Å². The maximum atomic E-state index is 11.8. The number of aryl methyl sites for hydroxylation is 1. The Balaban J connectivity index is 1.86. The van der Waals surface area contributed by atoms with Gasteiger partial charge in [-0.05, 0) is 30.9 Å². The lowest BCUT2D eigenvalue weighted by Crippen LogP contribution is -2.29. The first-order valence-corrected chi connectivity index (χ1v) is 8.90. The zero-order chi connectivity index (χ0) is 20.1. The standard InChI is InChI=1S/C18H21N5O5/c1-12-20-16(22-9-6-13-4-2-3-5-14(13)7-10-22)15(23(26)27)17(21-12)28-11-8-19-18(24)25/h2-5,19H,6-11H2,1H3,(H,24,25). The molecular weight excluding hydrogens is 366 g/mol. The van der Waals surface area contributed by atoms with Crippen LogP contribution in [0, 0.1) is 17.0 Å². The summed E-state index contributed by atoms with van der Waals surface area (Å²) in [4.78, 5) is 32.0. The molecule has 10 heteroatoms. The largest absolute Gasteiger partial charge is 0.471 e. The summed E-state index contributed by atoms with van der Waals surface area (Å²) < 4.78 is 5.41. The topological polar surface area (TPSA) is 131 Å². The number of aromatic nitrogens is 2. The molecule has 0 bridgehead atoms. The minimum absolute atomic E-state index is 0.0100. The van der Waals surface area contributed by atoms with Crippen LogP contribution in [0.25, 0.3) is 0 Å². The lowest BCUT2D eigenvalue weighted by molar-refractivity contribution is -0.385. The van der Waals surface area contributed by atoms with Crippen LogP contribution in [0.3, 0.4) is 0 Å². The molecule has 2 aromatic rings. The second-order valence-corrected chi connectivity index (χ2v) is 6.34. The number of hydrogen-bond donors (Lipinski definition) is 2. The molecule has 0 aliphatic carbocycles. The fraction of sp³-hybridized carbons (Fsp3) is 0.389. The normalized spacial score (nSPS) is 13.4. The molecule has 2 heterocycles. The zero-order valence-corrected chi connectivity index (χ0v) is 15.4. The van der Waals surface area contributed by atoms with Gasteiger partial charge in [-0.2, -0.15) is 4.98 Å². The SMILES string of the molecule is Cc1nc(OCCNC(=O)O)c([N+](=O)[O-])c(N2CCc3ccccc3CC2)n1. The van der Waals surface area contributed by atoms with Gasteiger partial charge in [0.1, 0.15) is 12.4 Å². The van der Waals surface area contributed by atoms with E-state index in [1.54, 1.807) is 6.92 Å². The fourth-order valence-electron chi connectivity index (χ4n) is 3.19. The molecule has 1 aromatic heterocycles. The highest BCUT2D eigenvalue weighted by Gasteiger charge is 2.30. The third-order valence-electron chi connectivity index (χ3n) is 4.47. The minimum atomic E-state index is -1.19. The van der Waals surface area contributed by atoms with Gasteiger partial charge in [0.05, 0.1) is 11.5 Å². The molecule has 148 valence electrons. The molecule has 0 unspecified atom stereocenters. The number of rotatable bonds is 6. The van der Waals surface area contributed by atoms with E-state index < -0.39 is 11.0 Å². The van der Waals surface area contributed by atoms with Crippen LogP contribution < -0.4 is 15.0 Å². The van der Waals surface area contributed by atoms with Gasteiger partial charge < -0.3 is 20.1 Å². The van der Waals surface area contributed by atoms with Crippen molar-refractivity contribution in [3.63, 3.8) is 0 Å². The molecular formula is C18H21N5O5. The highest BCUT2D eigenvalue weighted by Crippen LogP contribution is 2.35. The Kier molecular flexibility index (Phi) is 5.87. The minimum Gasteiger partial charge on any atom is -0.471 e. The number of hydrogen-bond acceptors (Lipinski definition) is 7. The van der Waals surface area contributed by atoms with Gasteiger partial charge in [-0.1, -0.05) is 24.3 Å². The molecule has 2 N–H and O–H groups in total. The van der Waals surface area contributed by atoms with Crippen molar-refractivity contribution in [2.45, 2.75) is 19.8 Å². The summed E-state index contributed by atoms with van der Waals surface area (Å²) in [7, 11) is 0. The van der Waals surface area contributed by atoms with E-state index in [1.807, 2.05) is 17.0 Å². The summed E-state index contributed by atoms with van der Waals surface area (Å²) in [5.41, 5.74) is 2.16. The maximum absolute atomic E-state index is 11.8. The number of benzene rings is 1. The number of carbonyl (C=O) groups is 1. The monoisotopic (exact) mass is 387 g/mol. The van der Waals surface area contributed by atoms with Crippen LogP contribution in [-0.2, 0) is 12.8 Å². The Bertz CT molecular complexity index is 862. The lowest BCUT2D eigenvalue weighted by Gasteiger charge is -2.22. The summed E-state index contributed by atoms with van der Waals surface area (Å²) in [5, 5.41) is 22.5. The average molecular weight is 387 g/mol. The molecule has 0 spiro atoms. The second kappa shape index (κ2) is 8.51. The van der Waals surface area contributed by atoms with Crippen LogP contribution in [0.1, 0.15) is 17.0 Å². The summed E-state index contributed by atoms with van der Waals surface area (Å²) in [5.74, 6) is 0.427. The van der Waals surface area contributed by atoms with Crippen molar-refractivity contribution in [2.24, 2.45) is 0 Å². The van der Waals surface area contributed by atoms with E-state index in [0.29, 0.717) is 18.9 Å². The van der Waals surface area contributed by atoms with E-state index in [4.69, 9.17) is 9.84 Å². The molecule has 1 aliphatic heterocycles. The molecule has 28 heavy (non-hydrogen) atoms. The average Bonchev–Trinajstić information content (AvgIpc) is 2.87. The van der Waals surface area contributed by atoms with Gasteiger partial charge in [0, 0.05) is 13.1 Å². The number of amides is 1. The Morgan fingerprint density at radius 1 is 1.29 bits per heavy atom. The molecule has 1 aliphatic rings. The van der Waals surface area contributed by atoms with Gasteiger partial charge in [0.15, 0.2) is 0 Å². The van der Waals surface area contributed by atoms with Crippen LogP contribution in [0.5, 0.6) is 5.88 Å². The van der Waals surface area contributed by atoms with Crippen molar-refractivity contribution in [1.82, 2.24) is 15.3 Å². The van der Waals surface area contributed by atoms with Crippen molar-refractivity contribution >= 4 is 17.6 Å². The highest BCUT2D eigenvalue weighted by molar-refractivity contribution is 5.64. The third-order valence-corrected chi connectivity index (χ3v) is 4.47. The first-order valence-electron chi connectivity index (χ1n) is 8.90. The second-order valence-electron chi connectivity index (χ2n) is 6.34. The molecule has 1 amide bonds. The van der Waals surface area contributed by atoms with E-state index in [9.17, 15) is 14.9 Å². The molecule has 0 atom stereocenters. The van der Waals surface area contributed by atoms with Crippen molar-refractivity contribution in [3.8, 4) is 5.88 Å². The Hall–Kier alpha value is -3.43. The van der Waals surface area contributed by atoms with Crippen LogP contribution in [0.2, 0.25) is 0 Å². The van der Waals surface area contributed by atoms with Crippen LogP contribution in [0.4, 0.5) is 16.3 Å². The number of ether oxygens (including phenoxy) is 1. The lowest BCUT2D eigenvalue weighted by atomic mass is 10.0. The zero-order valence-electron chi connectivity index (χ0n) is 15.4. The molecule has 1 aromatic carbocycles. The fourth-order valence-corrected chi connectivity index (χ4v) is 3.19. The summed E-state index contributed by atoms with van der Waals surface area (Å²) in [6, 6.07) is 8.12. The van der Waals surface area contributed by atoms with E-state index in [2.05, 4.69) is 27.4 Å². The van der Waals surface area contributed by atoms with Crippen LogP contribution >= 0.6 is 0 Å². The number of nitro groups is 1. The van der Waals surface area contributed by atoms with E-state index in [1.165, 1.54) is 11.1 Å². The van der Waals surface area contributed by atoms with E-state index in [0.717, 1.165) is 12.8 Å². The quantitative estimate of drug-likeness (QED) is 0.437. The van der Waals surface area contributed by atoms with Crippen molar-refractivity contribution < 1.29 is 19.6 Å². The Morgan fingerprint density at radius 3 is 2.50 bits per heavy atom. The summed E-state index contributed by atoms with van der Waals surface area (Å²) in [6.45, 7) is 2.74. The van der Waals surface area contributed by atoms with Gasteiger partial charge in [-0.25, -0.2) is 9.78 Å². The van der Waals surface area contributed by atoms with Gasteiger partial charge in [-0.3, -0.25) is 10.1 Å². The number of carboxylic acid groups (broad SMARTS) is 1. The number of anilines is 1. The molecule has 0 fully saturated rings. The first kappa shape index (κ1) is 19.3. The Morgan fingerprint density at radius 2 is 1.93 bits per heavy atom. The number of nitrogens with zero attached hydrogens (tertiary/aromatic N) is 4. The summed E-state index contributed by atoms with van der Waals surface area (Å²) >= 11 is 0. The van der Waals surface area contributed by atoms with Crippen molar-refractivity contribution in [2.75, 3.05) is 31.1 Å². The third kappa shape index (κ3) is 4.45. The number of nitrogens with one attached hydrogen (secondary N) is 1. The predicted octanol–water partition coefficient (Wildman–Crippen LogP) is 1.94. The molecule has 10 nitrogen and oxygen atoms in total. The predicted molar refractivity (Wildman–Crippen MR) is 101 cm³/mol. The maximum Gasteiger partial charge on any atom is 0.404 e. The molecule has 0 saturated carbocycles. The van der Waals surface area contributed by atoms with E-state index in [-0.39, 0.29) is 30.5 Å². The number of fused-ring (bicyclic) bond motifs is 1. The van der Waals surface area contributed by atoms with Gasteiger partial charge in [0.25, 0.3) is 5.88 Å². The smallest absolute Gasteiger partial charge is 0.404 e. The molecule has 3 rings (SSSR count). The first-order chi connectivity index (χ1) is 13.5. The molecule has 0 radical (unpaired) electrons.